The number of ether oxygens (including phenoxy) is 3. The molecule has 0 radical (unpaired) electrons. The maximum absolute atomic E-state index is 13.0. The molecule has 0 bridgehead atoms. The molecule has 1 aliphatic heterocycles. The molecule has 0 spiro atoms. The molecule has 8 nitrogen and oxygen atoms in total. The summed E-state index contributed by atoms with van der Waals surface area (Å²) in [6.07, 6.45) is 0. The van der Waals surface area contributed by atoms with E-state index in [1.54, 1.807) is 21.3 Å². The summed E-state index contributed by atoms with van der Waals surface area (Å²) >= 11 is 1.33. The van der Waals surface area contributed by atoms with E-state index in [1.807, 2.05) is 31.0 Å². The summed E-state index contributed by atoms with van der Waals surface area (Å²) in [6.45, 7) is 5.51. The molecule has 1 aliphatic rings. The highest BCUT2D eigenvalue weighted by Crippen LogP contribution is 2.40. The lowest BCUT2D eigenvalue weighted by atomic mass is 10.1. The number of hydrogen-bond acceptors (Lipinski definition) is 8. The number of rotatable bonds is 7. The number of benzene rings is 1. The highest BCUT2D eigenvalue weighted by Gasteiger charge is 2.27. The van der Waals surface area contributed by atoms with Gasteiger partial charge >= 0.3 is 0 Å². The predicted octanol–water partition coefficient (Wildman–Crippen LogP) is 2.48. The van der Waals surface area contributed by atoms with Crippen LogP contribution in [-0.4, -0.2) is 74.6 Å². The van der Waals surface area contributed by atoms with Crippen molar-refractivity contribution in [3.63, 3.8) is 0 Å². The molecule has 3 rings (SSSR count). The largest absolute Gasteiger partial charge is 0.493 e. The Bertz CT molecular complexity index is 862. The van der Waals surface area contributed by atoms with E-state index in [4.69, 9.17) is 14.2 Å². The first-order chi connectivity index (χ1) is 14.0. The molecule has 2 aromatic rings. The molecule has 1 saturated heterocycles. The van der Waals surface area contributed by atoms with E-state index in [1.165, 1.54) is 11.5 Å². The number of aryl methyl sites for hydroxylation is 1. The number of methoxy groups -OCH3 is 3. The van der Waals surface area contributed by atoms with Gasteiger partial charge in [0.25, 0.3) is 5.91 Å². The van der Waals surface area contributed by atoms with Crippen molar-refractivity contribution in [1.82, 2.24) is 14.2 Å². The fraction of sp³-hybridized carbons (Fsp3) is 0.500. The Morgan fingerprint density at radius 3 is 2.38 bits per heavy atom. The quantitative estimate of drug-likeness (QED) is 0.737. The van der Waals surface area contributed by atoms with E-state index in [0.29, 0.717) is 42.4 Å². The summed E-state index contributed by atoms with van der Waals surface area (Å²) in [6, 6.07) is 3.89. The van der Waals surface area contributed by atoms with Gasteiger partial charge in [-0.15, -0.1) is 0 Å². The second kappa shape index (κ2) is 9.32. The van der Waals surface area contributed by atoms with Crippen molar-refractivity contribution in [3.8, 4) is 17.2 Å². The average Bonchev–Trinajstić information content (AvgIpc) is 3.13. The van der Waals surface area contributed by atoms with Gasteiger partial charge in [-0.25, -0.2) is 0 Å². The smallest absolute Gasteiger partial charge is 0.258 e. The van der Waals surface area contributed by atoms with Gasteiger partial charge < -0.3 is 24.4 Å². The van der Waals surface area contributed by atoms with Gasteiger partial charge in [-0.1, -0.05) is 6.07 Å². The second-order valence-electron chi connectivity index (χ2n) is 6.78. The van der Waals surface area contributed by atoms with Crippen LogP contribution in [0.25, 0.3) is 0 Å². The van der Waals surface area contributed by atoms with Crippen LogP contribution in [0.3, 0.4) is 0 Å². The molecule has 2 heterocycles. The molecule has 29 heavy (non-hydrogen) atoms. The molecule has 9 heteroatoms. The van der Waals surface area contributed by atoms with Crippen LogP contribution in [0.5, 0.6) is 17.2 Å². The zero-order valence-corrected chi connectivity index (χ0v) is 18.4. The normalized spacial score (nSPS) is 14.6. The Morgan fingerprint density at radius 1 is 1.10 bits per heavy atom. The highest BCUT2D eigenvalue weighted by atomic mass is 32.1. The van der Waals surface area contributed by atoms with Crippen LogP contribution < -0.4 is 19.5 Å². The zero-order chi connectivity index (χ0) is 21.0. The van der Waals surface area contributed by atoms with E-state index in [-0.39, 0.29) is 5.91 Å². The summed E-state index contributed by atoms with van der Waals surface area (Å²) in [5.41, 5.74) is 2.50. The topological polar surface area (TPSA) is 76.2 Å². The van der Waals surface area contributed by atoms with Crippen LogP contribution >= 0.6 is 11.5 Å². The third-order valence-electron chi connectivity index (χ3n) is 5.14. The van der Waals surface area contributed by atoms with E-state index in [0.717, 1.165) is 29.3 Å². The molecule has 1 N–H and O–H groups in total. The fourth-order valence-corrected chi connectivity index (χ4v) is 4.33. The SMILES string of the molecule is CNc1snc(C)c1C(=O)N1CCN(Cc2ccc(OC)c(OC)c2OC)CC1. The van der Waals surface area contributed by atoms with Crippen LogP contribution in [0.15, 0.2) is 12.1 Å². The summed E-state index contributed by atoms with van der Waals surface area (Å²) in [5, 5.41) is 3.90. The van der Waals surface area contributed by atoms with Crippen molar-refractivity contribution in [3.05, 3.63) is 29.0 Å². The number of carbonyl (C=O) groups excluding carboxylic acids is 1. The van der Waals surface area contributed by atoms with Crippen molar-refractivity contribution in [2.45, 2.75) is 13.5 Å². The number of hydrogen-bond donors (Lipinski definition) is 1. The lowest BCUT2D eigenvalue weighted by molar-refractivity contribution is 0.0627. The molecule has 1 aromatic carbocycles. The van der Waals surface area contributed by atoms with E-state index < -0.39 is 0 Å². The number of amides is 1. The molecule has 158 valence electrons. The van der Waals surface area contributed by atoms with Gasteiger partial charge in [0.1, 0.15) is 5.00 Å². The number of anilines is 1. The molecular formula is C20H28N4O4S. The third kappa shape index (κ3) is 4.25. The lowest BCUT2D eigenvalue weighted by Crippen LogP contribution is -2.48. The summed E-state index contributed by atoms with van der Waals surface area (Å²) in [7, 11) is 6.67. The van der Waals surface area contributed by atoms with E-state index in [9.17, 15) is 4.79 Å². The maximum atomic E-state index is 13.0. The Labute approximate surface area is 175 Å². The third-order valence-corrected chi connectivity index (χ3v) is 6.10. The molecular weight excluding hydrogens is 392 g/mol. The first-order valence-corrected chi connectivity index (χ1v) is 10.2. The Hall–Kier alpha value is -2.52. The van der Waals surface area contributed by atoms with Gasteiger partial charge in [0, 0.05) is 45.3 Å². The first-order valence-electron chi connectivity index (χ1n) is 9.47. The summed E-state index contributed by atoms with van der Waals surface area (Å²) < 4.78 is 20.7. The number of aromatic nitrogens is 1. The Morgan fingerprint density at radius 2 is 1.79 bits per heavy atom. The van der Waals surface area contributed by atoms with Gasteiger partial charge in [0.2, 0.25) is 5.75 Å². The minimum atomic E-state index is 0.0453. The first kappa shape index (κ1) is 21.2. The van der Waals surface area contributed by atoms with Gasteiger partial charge in [0.15, 0.2) is 11.5 Å². The van der Waals surface area contributed by atoms with Gasteiger partial charge in [-0.3, -0.25) is 9.69 Å². The zero-order valence-electron chi connectivity index (χ0n) is 17.6. The molecule has 0 unspecified atom stereocenters. The Kier molecular flexibility index (Phi) is 6.81. The van der Waals surface area contributed by atoms with Gasteiger partial charge in [0.05, 0.1) is 32.6 Å². The number of carbonyl (C=O) groups is 1. The van der Waals surface area contributed by atoms with Crippen molar-refractivity contribution >= 4 is 22.4 Å². The fourth-order valence-electron chi connectivity index (χ4n) is 3.59. The van der Waals surface area contributed by atoms with Gasteiger partial charge in [-0.2, -0.15) is 4.37 Å². The maximum Gasteiger partial charge on any atom is 0.258 e. The lowest BCUT2D eigenvalue weighted by Gasteiger charge is -2.35. The molecule has 1 amide bonds. The number of nitrogens with one attached hydrogen (secondary N) is 1. The van der Waals surface area contributed by atoms with Crippen molar-refractivity contribution in [2.75, 3.05) is 59.9 Å². The van der Waals surface area contributed by atoms with Crippen LogP contribution in [0.2, 0.25) is 0 Å². The number of piperazine rings is 1. The van der Waals surface area contributed by atoms with Crippen molar-refractivity contribution < 1.29 is 19.0 Å². The van der Waals surface area contributed by atoms with Crippen LogP contribution in [0, 0.1) is 6.92 Å². The monoisotopic (exact) mass is 420 g/mol. The van der Waals surface area contributed by atoms with E-state index >= 15 is 0 Å². The Balaban J connectivity index is 1.67. The van der Waals surface area contributed by atoms with Gasteiger partial charge in [-0.05, 0) is 24.5 Å². The minimum Gasteiger partial charge on any atom is -0.493 e. The minimum absolute atomic E-state index is 0.0453. The van der Waals surface area contributed by atoms with Crippen LogP contribution in [0.1, 0.15) is 21.6 Å². The number of nitrogens with zero attached hydrogens (tertiary/aromatic N) is 3. The average molecular weight is 421 g/mol. The van der Waals surface area contributed by atoms with Crippen LogP contribution in [0.4, 0.5) is 5.00 Å². The highest BCUT2D eigenvalue weighted by molar-refractivity contribution is 7.10. The van der Waals surface area contributed by atoms with Crippen LogP contribution in [-0.2, 0) is 6.54 Å². The summed E-state index contributed by atoms with van der Waals surface area (Å²) in [4.78, 5) is 17.2. The van der Waals surface area contributed by atoms with Crippen molar-refractivity contribution in [1.29, 1.82) is 0 Å². The van der Waals surface area contributed by atoms with Crippen molar-refractivity contribution in [2.24, 2.45) is 0 Å². The molecule has 0 atom stereocenters. The standard InChI is InChI=1S/C20H28N4O4S/c1-13-16(19(21-2)29-22-13)20(25)24-10-8-23(9-11-24)12-14-6-7-15(26-3)18(28-5)17(14)27-4/h6-7,21H,8-12H2,1-5H3. The molecule has 0 saturated carbocycles. The second-order valence-corrected chi connectivity index (χ2v) is 7.56. The molecule has 1 fully saturated rings. The molecule has 0 aliphatic carbocycles. The van der Waals surface area contributed by atoms with E-state index in [2.05, 4.69) is 14.6 Å². The predicted molar refractivity (Wildman–Crippen MR) is 114 cm³/mol. The summed E-state index contributed by atoms with van der Waals surface area (Å²) in [5.74, 6) is 1.97. The molecule has 1 aromatic heterocycles.